The van der Waals surface area contributed by atoms with Crippen molar-refractivity contribution in [3.05, 3.63) is 29.6 Å². The van der Waals surface area contributed by atoms with E-state index in [1.807, 2.05) is 19.1 Å². The molecular formula is C12H17NO3. The molecular weight excluding hydrogens is 206 g/mol. The van der Waals surface area contributed by atoms with Crippen molar-refractivity contribution in [3.8, 4) is 0 Å². The van der Waals surface area contributed by atoms with Crippen LogP contribution in [0.4, 0.5) is 0 Å². The smallest absolute Gasteiger partial charge is 0.308 e. The van der Waals surface area contributed by atoms with Gasteiger partial charge in [0.15, 0.2) is 0 Å². The van der Waals surface area contributed by atoms with Gasteiger partial charge in [0.05, 0.1) is 19.1 Å². The minimum Gasteiger partial charge on any atom is -0.469 e. The van der Waals surface area contributed by atoms with Gasteiger partial charge in [-0.1, -0.05) is 13.0 Å². The van der Waals surface area contributed by atoms with Crippen LogP contribution in [0.5, 0.6) is 0 Å². The molecule has 0 aliphatic rings. The Morgan fingerprint density at radius 2 is 2.25 bits per heavy atom. The molecule has 0 aliphatic heterocycles. The predicted octanol–water partition coefficient (Wildman–Crippen LogP) is 1.62. The topological polar surface area (TPSA) is 59.4 Å². The van der Waals surface area contributed by atoms with Crippen molar-refractivity contribution in [1.82, 2.24) is 4.98 Å². The fraction of sp³-hybridized carbons (Fsp3) is 0.500. The highest BCUT2D eigenvalue weighted by Crippen LogP contribution is 2.21. The third-order valence-electron chi connectivity index (χ3n) is 2.50. The van der Waals surface area contributed by atoms with Gasteiger partial charge in [-0.25, -0.2) is 0 Å². The molecule has 88 valence electrons. The van der Waals surface area contributed by atoms with Crippen molar-refractivity contribution < 1.29 is 14.6 Å². The van der Waals surface area contributed by atoms with E-state index in [1.165, 1.54) is 7.11 Å². The van der Waals surface area contributed by atoms with Crippen molar-refractivity contribution in [2.75, 3.05) is 7.11 Å². The Labute approximate surface area is 95.3 Å². The highest BCUT2D eigenvalue weighted by molar-refractivity contribution is 5.71. The minimum absolute atomic E-state index is 0.306. The summed E-state index contributed by atoms with van der Waals surface area (Å²) >= 11 is 0. The lowest BCUT2D eigenvalue weighted by Gasteiger charge is -2.14. The van der Waals surface area contributed by atoms with Crippen LogP contribution < -0.4 is 0 Å². The van der Waals surface area contributed by atoms with Gasteiger partial charge in [0.25, 0.3) is 0 Å². The maximum Gasteiger partial charge on any atom is 0.308 e. The van der Waals surface area contributed by atoms with Gasteiger partial charge in [0.1, 0.15) is 0 Å². The Morgan fingerprint density at radius 3 is 2.75 bits per heavy atom. The van der Waals surface area contributed by atoms with Crippen molar-refractivity contribution in [3.63, 3.8) is 0 Å². The molecule has 16 heavy (non-hydrogen) atoms. The summed E-state index contributed by atoms with van der Waals surface area (Å²) in [4.78, 5) is 15.3. The second kappa shape index (κ2) is 5.61. The number of nitrogens with zero attached hydrogens (tertiary/aromatic N) is 1. The number of carbonyl (C=O) groups is 1. The van der Waals surface area contributed by atoms with E-state index in [-0.39, 0.29) is 11.9 Å². The summed E-state index contributed by atoms with van der Waals surface area (Å²) in [6, 6.07) is 3.65. The van der Waals surface area contributed by atoms with Gasteiger partial charge < -0.3 is 9.84 Å². The molecule has 0 aromatic carbocycles. The molecule has 1 aromatic rings. The first kappa shape index (κ1) is 12.6. The lowest BCUT2D eigenvalue weighted by atomic mass is 9.99. The van der Waals surface area contributed by atoms with Crippen molar-refractivity contribution >= 4 is 5.97 Å². The zero-order valence-corrected chi connectivity index (χ0v) is 9.80. The van der Waals surface area contributed by atoms with Gasteiger partial charge in [0.2, 0.25) is 0 Å². The first-order valence-electron chi connectivity index (χ1n) is 5.23. The first-order chi connectivity index (χ1) is 7.54. The molecule has 4 nitrogen and oxygen atoms in total. The average molecular weight is 223 g/mol. The summed E-state index contributed by atoms with van der Waals surface area (Å²) in [7, 11) is 1.35. The molecule has 0 saturated heterocycles. The number of carbonyl (C=O) groups excluding carboxylic acids is 1. The Morgan fingerprint density at radius 1 is 1.56 bits per heavy atom. The summed E-state index contributed by atoms with van der Waals surface area (Å²) in [5.74, 6) is -0.625. The molecule has 1 heterocycles. The van der Waals surface area contributed by atoms with Gasteiger partial charge in [-0.05, 0) is 25.0 Å². The Balaban J connectivity index is 2.61. The normalized spacial score (nSPS) is 14.2. The van der Waals surface area contributed by atoms with Crippen molar-refractivity contribution in [1.29, 1.82) is 0 Å². The largest absolute Gasteiger partial charge is 0.469 e. The first-order valence-corrected chi connectivity index (χ1v) is 5.23. The van der Waals surface area contributed by atoms with Crippen LogP contribution in [0.25, 0.3) is 0 Å². The quantitative estimate of drug-likeness (QED) is 0.788. The minimum atomic E-state index is -0.679. The van der Waals surface area contributed by atoms with Crippen LogP contribution in [0.3, 0.4) is 0 Å². The number of pyridine rings is 1. The third-order valence-corrected chi connectivity index (χ3v) is 2.50. The molecule has 0 fully saturated rings. The molecule has 4 heteroatoms. The third kappa shape index (κ3) is 3.31. The number of rotatable bonds is 4. The number of aromatic nitrogens is 1. The molecule has 1 aromatic heterocycles. The molecule has 0 amide bonds. The molecule has 0 radical (unpaired) electrons. The highest BCUT2D eigenvalue weighted by atomic mass is 16.5. The van der Waals surface area contributed by atoms with Crippen LogP contribution in [0.15, 0.2) is 18.3 Å². The maximum atomic E-state index is 11.2. The van der Waals surface area contributed by atoms with Gasteiger partial charge in [0, 0.05) is 11.9 Å². The lowest BCUT2D eigenvalue weighted by Crippen LogP contribution is -2.16. The predicted molar refractivity (Wildman–Crippen MR) is 59.7 cm³/mol. The molecule has 0 spiro atoms. The van der Waals surface area contributed by atoms with E-state index >= 15 is 0 Å². The summed E-state index contributed by atoms with van der Waals surface area (Å²) < 4.78 is 4.60. The van der Waals surface area contributed by atoms with Crippen LogP contribution in [0.1, 0.15) is 30.7 Å². The summed E-state index contributed by atoms with van der Waals surface area (Å²) in [6.45, 7) is 3.61. The zero-order chi connectivity index (χ0) is 12.1. The van der Waals surface area contributed by atoms with Crippen LogP contribution in [-0.2, 0) is 9.53 Å². The SMILES string of the molecule is COC(=O)C(C)CC(O)c1ccc(C)nc1. The molecule has 0 bridgehead atoms. The summed E-state index contributed by atoms with van der Waals surface area (Å²) in [6.07, 6.45) is 1.30. The van der Waals surface area contributed by atoms with Crippen LogP contribution in [0, 0.1) is 12.8 Å². The molecule has 1 N–H and O–H groups in total. The zero-order valence-electron chi connectivity index (χ0n) is 9.80. The summed E-state index contributed by atoms with van der Waals surface area (Å²) in [5, 5.41) is 9.88. The van der Waals surface area contributed by atoms with Gasteiger partial charge in [-0.3, -0.25) is 9.78 Å². The second-order valence-corrected chi connectivity index (χ2v) is 3.91. The fourth-order valence-corrected chi connectivity index (χ4v) is 1.44. The molecule has 1 rings (SSSR count). The molecule has 0 aliphatic carbocycles. The number of aliphatic hydroxyl groups is 1. The fourth-order valence-electron chi connectivity index (χ4n) is 1.44. The van der Waals surface area contributed by atoms with E-state index in [9.17, 15) is 9.90 Å². The number of methoxy groups -OCH3 is 1. The summed E-state index contributed by atoms with van der Waals surface area (Å²) in [5.41, 5.74) is 1.62. The van der Waals surface area contributed by atoms with Gasteiger partial charge in [-0.2, -0.15) is 0 Å². The van der Waals surface area contributed by atoms with E-state index in [0.29, 0.717) is 6.42 Å². The number of esters is 1. The number of aliphatic hydroxyl groups excluding tert-OH is 1. The van der Waals surface area contributed by atoms with Crippen molar-refractivity contribution in [2.24, 2.45) is 5.92 Å². The maximum absolute atomic E-state index is 11.2. The van der Waals surface area contributed by atoms with Gasteiger partial charge >= 0.3 is 5.97 Å². The molecule has 2 atom stereocenters. The number of hydrogen-bond acceptors (Lipinski definition) is 4. The number of ether oxygens (including phenoxy) is 1. The highest BCUT2D eigenvalue weighted by Gasteiger charge is 2.19. The average Bonchev–Trinajstić information content (AvgIpc) is 2.28. The molecule has 0 saturated carbocycles. The molecule has 2 unspecified atom stereocenters. The monoisotopic (exact) mass is 223 g/mol. The van der Waals surface area contributed by atoms with E-state index in [4.69, 9.17) is 0 Å². The van der Waals surface area contributed by atoms with Crippen LogP contribution in [0.2, 0.25) is 0 Å². The Hall–Kier alpha value is -1.42. The van der Waals surface area contributed by atoms with Crippen LogP contribution in [-0.4, -0.2) is 23.2 Å². The standard InChI is InChI=1S/C12H17NO3/c1-8(12(15)16-3)6-11(14)10-5-4-9(2)13-7-10/h4-5,7-8,11,14H,6H2,1-3H3. The van der Waals surface area contributed by atoms with Crippen molar-refractivity contribution in [2.45, 2.75) is 26.4 Å². The number of aryl methyl sites for hydroxylation is 1. The van der Waals surface area contributed by atoms with E-state index < -0.39 is 6.10 Å². The lowest BCUT2D eigenvalue weighted by molar-refractivity contribution is -0.145. The Bertz CT molecular complexity index is 348. The Kier molecular flexibility index (Phi) is 4.43. The number of hydrogen-bond donors (Lipinski definition) is 1. The van der Waals surface area contributed by atoms with Gasteiger partial charge in [-0.15, -0.1) is 0 Å². The van der Waals surface area contributed by atoms with E-state index in [1.54, 1.807) is 13.1 Å². The van der Waals surface area contributed by atoms with E-state index in [0.717, 1.165) is 11.3 Å². The van der Waals surface area contributed by atoms with Crippen LogP contribution >= 0.6 is 0 Å². The van der Waals surface area contributed by atoms with E-state index in [2.05, 4.69) is 9.72 Å². The second-order valence-electron chi connectivity index (χ2n) is 3.91.